The van der Waals surface area contributed by atoms with Crippen LogP contribution in [0.4, 0.5) is 8.78 Å². The van der Waals surface area contributed by atoms with E-state index in [2.05, 4.69) is 74.2 Å². The smallest absolute Gasteiger partial charge is 0.151 e. The number of hydrogen-bond acceptors (Lipinski definition) is 10. The van der Waals surface area contributed by atoms with E-state index in [1.165, 1.54) is 42.7 Å². The maximum Gasteiger partial charge on any atom is 0.151 e. The highest BCUT2D eigenvalue weighted by Crippen LogP contribution is 2.36. The summed E-state index contributed by atoms with van der Waals surface area (Å²) in [5, 5.41) is 20.4. The summed E-state index contributed by atoms with van der Waals surface area (Å²) in [5.74, 6) is 1.43. The lowest BCUT2D eigenvalue weighted by atomic mass is 10.0. The molecule has 3 aromatic carbocycles. The fraction of sp³-hybridized carbons (Fsp3) is 0.123. The van der Waals surface area contributed by atoms with Crippen LogP contribution in [0.2, 0.25) is 0 Å². The van der Waals surface area contributed by atoms with Crippen LogP contribution in [-0.2, 0) is 11.3 Å². The maximum absolute atomic E-state index is 13.5. The van der Waals surface area contributed by atoms with Gasteiger partial charge in [-0.15, -0.1) is 0 Å². The summed E-state index contributed by atoms with van der Waals surface area (Å²) in [7, 11) is 0. The zero-order valence-corrected chi connectivity index (χ0v) is 44.7. The molecule has 12 aromatic rings. The molecule has 0 unspecified atom stereocenters. The Morgan fingerprint density at radius 2 is 1.22 bits per heavy atom. The van der Waals surface area contributed by atoms with Crippen molar-refractivity contribution in [2.24, 2.45) is 0 Å². The largest absolute Gasteiger partial charge is 0.352 e. The Morgan fingerprint density at radius 1 is 0.654 bits per heavy atom. The van der Waals surface area contributed by atoms with E-state index in [0.717, 1.165) is 125 Å². The summed E-state index contributed by atoms with van der Waals surface area (Å²) in [4.78, 5) is 44.2. The van der Waals surface area contributed by atoms with E-state index in [9.17, 15) is 13.6 Å². The zero-order valence-electron chi connectivity index (χ0n) is 44.7. The van der Waals surface area contributed by atoms with Crippen molar-refractivity contribution in [1.82, 2.24) is 65.5 Å². The molecule has 10 heterocycles. The monoisotopic (exact) mass is 1070 g/mol. The van der Waals surface area contributed by atoms with Crippen molar-refractivity contribution in [2.45, 2.75) is 40.2 Å². The van der Waals surface area contributed by atoms with Gasteiger partial charge in [0.25, 0.3) is 0 Å². The number of allylic oxidation sites excluding steroid dienone is 4. The second kappa shape index (κ2) is 23.8. The van der Waals surface area contributed by atoms with Gasteiger partial charge in [-0.1, -0.05) is 81.1 Å². The Hall–Kier alpha value is -10.3. The van der Waals surface area contributed by atoms with Crippen LogP contribution >= 0.6 is 0 Å². The normalized spacial score (nSPS) is 12.8. The number of pyridine rings is 5. The molecule has 14 nitrogen and oxygen atoms in total. The van der Waals surface area contributed by atoms with E-state index in [0.29, 0.717) is 22.6 Å². The average molecular weight is 1070 g/mol. The average Bonchev–Trinajstić information content (AvgIpc) is 4.48. The van der Waals surface area contributed by atoms with Gasteiger partial charge in [0.05, 0.1) is 57.2 Å². The lowest BCUT2D eigenvalue weighted by Gasteiger charge is -2.14. The highest BCUT2D eigenvalue weighted by atomic mass is 19.1. The fourth-order valence-electron chi connectivity index (χ4n) is 10.0. The highest BCUT2D eigenvalue weighted by Gasteiger charge is 2.19. The molecule has 0 aliphatic carbocycles. The predicted molar refractivity (Wildman–Crippen MR) is 318 cm³/mol. The van der Waals surface area contributed by atoms with Crippen LogP contribution < -0.4 is 5.32 Å². The van der Waals surface area contributed by atoms with Crippen molar-refractivity contribution in [2.75, 3.05) is 13.1 Å². The first-order valence-corrected chi connectivity index (χ1v) is 26.7. The first-order chi connectivity index (χ1) is 39.8. The minimum Gasteiger partial charge on any atom is -0.352 e. The number of nitrogens with zero attached hydrogens (tertiary/aromatic N) is 8. The van der Waals surface area contributed by atoms with Crippen LogP contribution in [0, 0.1) is 11.6 Å². The molecule has 9 aromatic heterocycles. The van der Waals surface area contributed by atoms with Crippen LogP contribution in [-0.4, -0.2) is 79.2 Å². The Bertz CT molecular complexity index is 4330. The molecule has 1 aliphatic heterocycles. The number of likely N-dealkylation sites (tertiary alicyclic amines) is 1. The number of halogens is 2. The van der Waals surface area contributed by atoms with Gasteiger partial charge in [0.15, 0.2) is 5.94 Å². The molecule has 0 atom stereocenters. The molecule has 0 radical (unpaired) electrons. The number of fused-ring (bicyclic) bond motifs is 4. The number of nitrogens with one attached hydrogen (secondary N) is 5. The molecule has 13 rings (SSSR count). The van der Waals surface area contributed by atoms with Gasteiger partial charge in [-0.25, -0.2) is 23.5 Å². The third-order valence-electron chi connectivity index (χ3n) is 14.0. The summed E-state index contributed by atoms with van der Waals surface area (Å²) < 4.78 is 27.0. The lowest BCUT2D eigenvalue weighted by molar-refractivity contribution is 0.331. The molecule has 0 amide bonds. The minimum atomic E-state index is -0.290. The number of carbonyl (C=O) groups excluding carboxylic acids is 1. The van der Waals surface area contributed by atoms with Crippen molar-refractivity contribution in [3.63, 3.8) is 0 Å². The number of benzene rings is 3. The molecule has 1 aliphatic rings. The first kappa shape index (κ1) is 52.8. The van der Waals surface area contributed by atoms with E-state index in [1.54, 1.807) is 55.1 Å². The Labute approximate surface area is 465 Å². The summed E-state index contributed by atoms with van der Waals surface area (Å²) in [6.45, 7) is 13.0. The van der Waals surface area contributed by atoms with E-state index in [1.807, 2.05) is 112 Å². The molecular formula is C65H55F2N13O. The van der Waals surface area contributed by atoms with E-state index < -0.39 is 0 Å². The Balaban J connectivity index is 0.000000166. The molecule has 5 N–H and O–H groups in total. The molecule has 400 valence electrons. The molecule has 0 saturated carbocycles. The van der Waals surface area contributed by atoms with Gasteiger partial charge in [0.1, 0.15) is 39.8 Å². The summed E-state index contributed by atoms with van der Waals surface area (Å²) in [6.07, 6.45) is 18.9. The number of H-pyrrole nitrogens is 4. The first-order valence-electron chi connectivity index (χ1n) is 26.7. The van der Waals surface area contributed by atoms with Crippen LogP contribution in [0.5, 0.6) is 0 Å². The quantitative estimate of drug-likeness (QED) is 0.0550. The summed E-state index contributed by atoms with van der Waals surface area (Å²) in [6, 6.07) is 36.2. The van der Waals surface area contributed by atoms with Gasteiger partial charge in [0.2, 0.25) is 0 Å². The summed E-state index contributed by atoms with van der Waals surface area (Å²) >= 11 is 0. The van der Waals surface area contributed by atoms with Crippen molar-refractivity contribution in [1.29, 1.82) is 0 Å². The predicted octanol–water partition coefficient (Wildman–Crippen LogP) is 14.2. The van der Waals surface area contributed by atoms with Crippen LogP contribution in [0.3, 0.4) is 0 Å². The van der Waals surface area contributed by atoms with Gasteiger partial charge in [-0.3, -0.25) is 30.0 Å². The van der Waals surface area contributed by atoms with Crippen molar-refractivity contribution in [3.8, 4) is 56.3 Å². The zero-order chi connectivity index (χ0) is 55.8. The van der Waals surface area contributed by atoms with Gasteiger partial charge in [0, 0.05) is 70.1 Å². The number of aromatic amines is 4. The molecule has 0 spiro atoms. The highest BCUT2D eigenvalue weighted by molar-refractivity contribution is 6.01. The van der Waals surface area contributed by atoms with E-state index in [4.69, 9.17) is 9.97 Å². The number of hydrogen-bond donors (Lipinski definition) is 5. The van der Waals surface area contributed by atoms with Crippen LogP contribution in [0.15, 0.2) is 189 Å². The van der Waals surface area contributed by atoms with Crippen LogP contribution in [0.1, 0.15) is 50.4 Å². The van der Waals surface area contributed by atoms with Gasteiger partial charge in [-0.2, -0.15) is 10.2 Å². The summed E-state index contributed by atoms with van der Waals surface area (Å²) in [5.41, 5.74) is 17.6. The molecule has 81 heavy (non-hydrogen) atoms. The molecule has 1 saturated heterocycles. The van der Waals surface area contributed by atoms with Crippen molar-refractivity contribution >= 4 is 61.1 Å². The Kier molecular flexibility index (Phi) is 15.5. The maximum atomic E-state index is 13.5. The fourth-order valence-corrected chi connectivity index (χ4v) is 10.0. The minimum absolute atomic E-state index is 0.264. The third kappa shape index (κ3) is 11.2. The van der Waals surface area contributed by atoms with Crippen LogP contribution in [0.25, 0.3) is 111 Å². The van der Waals surface area contributed by atoms with E-state index in [-0.39, 0.29) is 11.6 Å². The second-order valence-corrected chi connectivity index (χ2v) is 19.1. The standard InChI is InChI=1S/C34H25FN6O.C29H24FN7.C2H6/c1-3-21(16-25(4-2)37-32(20-42)23-8-6-5-7-9-23)28-14-15-29-33(39-28)34(41-40-29)30-17-26-27(18-36-19-31(26)38-30)22-10-12-24(35)13-11-22;30-21-5-3-19(4-6-21)23-15-32-16-27-22(23)12-26(33-27)29-28-25(35-36-29)8-7-24(34-28)20-11-18(13-31-14-20)17-37-9-1-2-10-37;1-2/h3-19,37-38H,2H2,1H3,(H,40,41);3-8,11-16,33H,1-2,9-10,17H2,(H,35,36);1-2H3/b21-3+,25-16+;;. The molecule has 16 heteroatoms. The molecule has 0 bridgehead atoms. The Morgan fingerprint density at radius 3 is 1.79 bits per heavy atom. The third-order valence-corrected chi connectivity index (χ3v) is 14.0. The van der Waals surface area contributed by atoms with Gasteiger partial charge in [-0.05, 0) is 134 Å². The molecule has 1 fully saturated rings. The lowest BCUT2D eigenvalue weighted by Crippen LogP contribution is -2.18. The van der Waals surface area contributed by atoms with E-state index >= 15 is 0 Å². The van der Waals surface area contributed by atoms with Gasteiger partial charge >= 0.3 is 0 Å². The topological polar surface area (TPSA) is 186 Å². The number of aromatic nitrogens is 11. The SMILES string of the molecule is C=C/C(=C\C(=C/C)c1ccc2[nH]nc(-c3cc4c(-c5ccc(F)cc5)cncc4[nH]3)c2n1)NC(=C=O)c1ccccc1.CC.Fc1ccc(-c2cncc3[nH]c(-c4n[nH]c5ccc(-c6cncc(CN7CCCC7)c6)nc45)cc23)cc1. The van der Waals surface area contributed by atoms with Crippen molar-refractivity contribution < 1.29 is 13.6 Å². The number of rotatable bonds is 13. The second-order valence-electron chi connectivity index (χ2n) is 19.1. The van der Waals surface area contributed by atoms with Crippen molar-refractivity contribution in [3.05, 3.63) is 217 Å². The molecular weight excluding hydrogens is 1020 g/mol. The van der Waals surface area contributed by atoms with Gasteiger partial charge < -0.3 is 15.3 Å².